The van der Waals surface area contributed by atoms with E-state index in [2.05, 4.69) is 41.2 Å². The predicted octanol–water partition coefficient (Wildman–Crippen LogP) is 1.65. The average molecular weight is 341 g/mol. The molecule has 0 unspecified atom stereocenters. The zero-order chi connectivity index (χ0) is 17.6. The maximum absolute atomic E-state index is 5.36. The molecule has 2 heterocycles. The number of anilines is 1. The SMILES string of the molecule is Nc1ccccc1.c1ncc(CCN=NNNCCc2cnc[nH]2)[nH]1. The van der Waals surface area contributed by atoms with Crippen molar-refractivity contribution in [3.05, 3.63) is 66.8 Å². The van der Waals surface area contributed by atoms with Crippen molar-refractivity contribution in [2.45, 2.75) is 12.8 Å². The summed E-state index contributed by atoms with van der Waals surface area (Å²) >= 11 is 0. The van der Waals surface area contributed by atoms with Gasteiger partial charge >= 0.3 is 0 Å². The molecule has 0 bridgehead atoms. The summed E-state index contributed by atoms with van der Waals surface area (Å²) < 4.78 is 0. The monoisotopic (exact) mass is 341 g/mol. The van der Waals surface area contributed by atoms with Gasteiger partial charge in [0.15, 0.2) is 0 Å². The summed E-state index contributed by atoms with van der Waals surface area (Å²) in [5, 5.41) is 7.76. The molecule has 0 saturated heterocycles. The predicted molar refractivity (Wildman–Crippen MR) is 96.3 cm³/mol. The molecule has 0 radical (unpaired) electrons. The second-order valence-corrected chi connectivity index (χ2v) is 5.07. The summed E-state index contributed by atoms with van der Waals surface area (Å²) in [4.78, 5) is 13.9. The topological polar surface area (TPSA) is 132 Å². The Morgan fingerprint density at radius 1 is 0.960 bits per heavy atom. The summed E-state index contributed by atoms with van der Waals surface area (Å²) in [6.45, 7) is 1.37. The number of nitrogens with two attached hydrogens (primary N) is 1. The maximum atomic E-state index is 5.36. The minimum absolute atomic E-state index is 0.622. The number of aromatic amines is 2. The van der Waals surface area contributed by atoms with Gasteiger partial charge in [0.05, 0.1) is 19.2 Å². The number of H-pyrrole nitrogens is 2. The molecule has 0 atom stereocenters. The fourth-order valence-electron chi connectivity index (χ4n) is 1.84. The van der Waals surface area contributed by atoms with E-state index in [0.717, 1.165) is 36.5 Å². The highest BCUT2D eigenvalue weighted by molar-refractivity contribution is 5.35. The first-order valence-electron chi connectivity index (χ1n) is 7.94. The molecular weight excluding hydrogens is 318 g/mol. The van der Waals surface area contributed by atoms with E-state index in [1.54, 1.807) is 25.0 Å². The van der Waals surface area contributed by atoms with E-state index in [1.165, 1.54) is 0 Å². The summed E-state index contributed by atoms with van der Waals surface area (Å²) in [6.07, 6.45) is 8.56. The highest BCUT2D eigenvalue weighted by Gasteiger charge is 1.92. The van der Waals surface area contributed by atoms with Crippen LogP contribution in [0.3, 0.4) is 0 Å². The van der Waals surface area contributed by atoms with Crippen LogP contribution >= 0.6 is 0 Å². The van der Waals surface area contributed by atoms with Gasteiger partial charge in [-0.3, -0.25) is 0 Å². The Kier molecular flexibility index (Phi) is 8.24. The molecule has 1 aromatic carbocycles. The maximum Gasteiger partial charge on any atom is 0.0921 e. The van der Waals surface area contributed by atoms with E-state index < -0.39 is 0 Å². The molecule has 3 aromatic rings. The van der Waals surface area contributed by atoms with E-state index >= 15 is 0 Å². The Balaban J connectivity index is 0.000000269. The first-order chi connectivity index (χ1) is 12.3. The van der Waals surface area contributed by atoms with Gasteiger partial charge in [-0.1, -0.05) is 23.4 Å². The van der Waals surface area contributed by atoms with Crippen molar-refractivity contribution >= 4 is 5.69 Å². The number of hydrazine groups is 1. The number of aromatic nitrogens is 4. The number of imidazole rings is 2. The normalized spacial score (nSPS) is 10.4. The zero-order valence-electron chi connectivity index (χ0n) is 13.9. The van der Waals surface area contributed by atoms with Crippen LogP contribution in [0.25, 0.3) is 0 Å². The quantitative estimate of drug-likeness (QED) is 0.184. The molecule has 2 aromatic heterocycles. The van der Waals surface area contributed by atoms with Crippen LogP contribution in [0.15, 0.2) is 65.7 Å². The molecule has 0 saturated carbocycles. The molecule has 132 valence electrons. The van der Waals surface area contributed by atoms with Crippen molar-refractivity contribution in [3.8, 4) is 0 Å². The van der Waals surface area contributed by atoms with Crippen LogP contribution in [-0.4, -0.2) is 33.0 Å². The van der Waals surface area contributed by atoms with Gasteiger partial charge in [-0.2, -0.15) is 5.11 Å². The molecule has 0 aliphatic heterocycles. The smallest absolute Gasteiger partial charge is 0.0921 e. The van der Waals surface area contributed by atoms with Crippen molar-refractivity contribution in [1.29, 1.82) is 0 Å². The molecule has 6 N–H and O–H groups in total. The lowest BCUT2D eigenvalue weighted by atomic mass is 10.3. The highest BCUT2D eigenvalue weighted by atomic mass is 15.6. The minimum Gasteiger partial charge on any atom is -0.399 e. The van der Waals surface area contributed by atoms with Crippen LogP contribution in [0.4, 0.5) is 5.69 Å². The molecule has 0 spiro atoms. The van der Waals surface area contributed by atoms with Crippen molar-refractivity contribution in [2.24, 2.45) is 10.3 Å². The third-order valence-electron chi connectivity index (χ3n) is 3.11. The molecule has 0 aliphatic carbocycles. The third-order valence-corrected chi connectivity index (χ3v) is 3.11. The van der Waals surface area contributed by atoms with E-state index in [4.69, 9.17) is 5.73 Å². The number of nitrogen functional groups attached to an aromatic ring is 1. The lowest BCUT2D eigenvalue weighted by Crippen LogP contribution is -2.28. The molecule has 0 aliphatic rings. The molecule has 0 fully saturated rings. The average Bonchev–Trinajstić information content (AvgIpc) is 3.32. The summed E-state index contributed by atoms with van der Waals surface area (Å²) in [5.41, 5.74) is 13.9. The molecule has 0 amide bonds. The Morgan fingerprint density at radius 2 is 1.64 bits per heavy atom. The largest absolute Gasteiger partial charge is 0.399 e. The van der Waals surface area contributed by atoms with Gasteiger partial charge in [0.1, 0.15) is 0 Å². The van der Waals surface area contributed by atoms with E-state index in [9.17, 15) is 0 Å². The van der Waals surface area contributed by atoms with Gasteiger partial charge in [0.25, 0.3) is 0 Å². The number of hydrogen-bond donors (Lipinski definition) is 5. The van der Waals surface area contributed by atoms with Crippen molar-refractivity contribution in [2.75, 3.05) is 18.8 Å². The molecule has 3 rings (SSSR count). The highest BCUT2D eigenvalue weighted by Crippen LogP contribution is 1.96. The lowest BCUT2D eigenvalue weighted by Gasteiger charge is -2.00. The van der Waals surface area contributed by atoms with Crippen molar-refractivity contribution in [1.82, 2.24) is 30.9 Å². The Morgan fingerprint density at radius 3 is 2.20 bits per heavy atom. The number of para-hydroxylation sites is 1. The number of nitrogens with one attached hydrogen (secondary N) is 4. The Hall–Kier alpha value is -3.20. The van der Waals surface area contributed by atoms with Gasteiger partial charge in [-0.15, -0.1) is 0 Å². The standard InChI is InChI=1S/C10H16N8.C6H7N/c1(9-5-11-7-13-9)3-15-17-18-16-4-2-10-6-12-8-14-10;7-6-4-2-1-3-5-6/h5-8H,1-4H2,(H,11,13)(H,12,14)(H,15,18)(H,16,17);1-5H,7H2. The van der Waals surface area contributed by atoms with Gasteiger partial charge in [-0.25, -0.2) is 20.9 Å². The summed E-state index contributed by atoms with van der Waals surface area (Å²) in [5.74, 6) is 0. The van der Waals surface area contributed by atoms with Crippen molar-refractivity contribution < 1.29 is 0 Å². The van der Waals surface area contributed by atoms with Gasteiger partial charge < -0.3 is 15.7 Å². The van der Waals surface area contributed by atoms with Crippen LogP contribution in [0.2, 0.25) is 0 Å². The van der Waals surface area contributed by atoms with E-state index in [1.807, 2.05) is 30.3 Å². The second kappa shape index (κ2) is 11.4. The molecular formula is C16H23N9. The van der Waals surface area contributed by atoms with Gasteiger partial charge in [0, 0.05) is 48.9 Å². The van der Waals surface area contributed by atoms with Crippen molar-refractivity contribution in [3.63, 3.8) is 0 Å². The number of benzene rings is 1. The Labute approximate surface area is 146 Å². The summed E-state index contributed by atoms with van der Waals surface area (Å²) in [6, 6.07) is 9.49. The number of hydrogen-bond acceptors (Lipinski definition) is 6. The molecule has 9 heteroatoms. The number of nitrogens with zero attached hydrogens (tertiary/aromatic N) is 4. The van der Waals surface area contributed by atoms with Crippen LogP contribution in [0, 0.1) is 0 Å². The second-order valence-electron chi connectivity index (χ2n) is 5.07. The van der Waals surface area contributed by atoms with Crippen LogP contribution < -0.4 is 16.7 Å². The Bertz CT molecular complexity index is 678. The fraction of sp³-hybridized carbons (Fsp3) is 0.250. The van der Waals surface area contributed by atoms with Crippen LogP contribution in [0.1, 0.15) is 11.4 Å². The fourth-order valence-corrected chi connectivity index (χ4v) is 1.84. The lowest BCUT2D eigenvalue weighted by molar-refractivity contribution is 0.525. The summed E-state index contributed by atoms with van der Waals surface area (Å²) in [7, 11) is 0. The van der Waals surface area contributed by atoms with Gasteiger partial charge in [-0.05, 0) is 12.1 Å². The van der Waals surface area contributed by atoms with E-state index in [-0.39, 0.29) is 0 Å². The van der Waals surface area contributed by atoms with E-state index in [0.29, 0.717) is 6.54 Å². The number of rotatable bonds is 8. The molecule has 25 heavy (non-hydrogen) atoms. The minimum atomic E-state index is 0.622. The van der Waals surface area contributed by atoms with Gasteiger partial charge in [0.2, 0.25) is 0 Å². The first kappa shape index (κ1) is 18.1. The first-order valence-corrected chi connectivity index (χ1v) is 7.94. The molecule has 9 nitrogen and oxygen atoms in total. The van der Waals surface area contributed by atoms with Crippen LogP contribution in [0.5, 0.6) is 0 Å². The van der Waals surface area contributed by atoms with Crippen LogP contribution in [-0.2, 0) is 12.8 Å². The zero-order valence-corrected chi connectivity index (χ0v) is 13.9. The third kappa shape index (κ3) is 8.28.